The summed E-state index contributed by atoms with van der Waals surface area (Å²) in [5, 5.41) is 8.99. The fourth-order valence-electron chi connectivity index (χ4n) is 2.57. The van der Waals surface area contributed by atoms with Gasteiger partial charge in [-0.2, -0.15) is 0 Å². The highest BCUT2D eigenvalue weighted by molar-refractivity contribution is 5.72. The fourth-order valence-corrected chi connectivity index (χ4v) is 2.57. The van der Waals surface area contributed by atoms with E-state index in [1.54, 1.807) is 6.92 Å². The number of carboxylic acids is 1. The van der Waals surface area contributed by atoms with Gasteiger partial charge in [-0.15, -0.1) is 0 Å². The maximum absolute atomic E-state index is 10.9. The highest BCUT2D eigenvalue weighted by Gasteiger charge is 2.26. The second-order valence-corrected chi connectivity index (χ2v) is 5.36. The van der Waals surface area contributed by atoms with Gasteiger partial charge in [0.15, 0.2) is 0 Å². The standard InChI is InChI=1S/C16H23NO3/c1-13(16(18)19)17-10-7-15(8-11-17)20-12-9-14-5-3-2-4-6-14/h2-6,13,15H,7-12H2,1H3,(H,18,19). The summed E-state index contributed by atoms with van der Waals surface area (Å²) in [5.74, 6) is -0.742. The molecule has 0 aromatic heterocycles. The predicted molar refractivity (Wildman–Crippen MR) is 77.8 cm³/mol. The van der Waals surface area contributed by atoms with Crippen LogP contribution in [-0.4, -0.2) is 47.8 Å². The Kier molecular flexibility index (Phi) is 5.56. The predicted octanol–water partition coefficient (Wildman–Crippen LogP) is 2.18. The molecule has 1 fully saturated rings. The molecule has 1 aliphatic rings. The highest BCUT2D eigenvalue weighted by Crippen LogP contribution is 2.16. The second kappa shape index (κ2) is 7.41. The lowest BCUT2D eigenvalue weighted by molar-refractivity contribution is -0.143. The van der Waals surface area contributed by atoms with Gasteiger partial charge in [-0.25, -0.2) is 0 Å². The van der Waals surface area contributed by atoms with Crippen molar-refractivity contribution in [3.8, 4) is 0 Å². The Morgan fingerprint density at radius 2 is 2.00 bits per heavy atom. The average molecular weight is 277 g/mol. The van der Waals surface area contributed by atoms with Crippen LogP contribution in [-0.2, 0) is 16.0 Å². The van der Waals surface area contributed by atoms with E-state index in [0.29, 0.717) is 0 Å². The van der Waals surface area contributed by atoms with E-state index in [0.717, 1.165) is 39.0 Å². The van der Waals surface area contributed by atoms with Crippen LogP contribution in [0.25, 0.3) is 0 Å². The maximum atomic E-state index is 10.9. The van der Waals surface area contributed by atoms with Crippen LogP contribution in [0.15, 0.2) is 30.3 Å². The molecular weight excluding hydrogens is 254 g/mol. The van der Waals surface area contributed by atoms with Crippen LogP contribution >= 0.6 is 0 Å². The average Bonchev–Trinajstić information content (AvgIpc) is 2.48. The van der Waals surface area contributed by atoms with Crippen LogP contribution in [0, 0.1) is 0 Å². The van der Waals surface area contributed by atoms with Crippen molar-refractivity contribution in [3.63, 3.8) is 0 Å². The summed E-state index contributed by atoms with van der Waals surface area (Å²) in [7, 11) is 0. The van der Waals surface area contributed by atoms with Crippen LogP contribution in [0.5, 0.6) is 0 Å². The minimum Gasteiger partial charge on any atom is -0.480 e. The molecule has 0 bridgehead atoms. The zero-order chi connectivity index (χ0) is 14.4. The number of carbonyl (C=O) groups is 1. The third kappa shape index (κ3) is 4.32. The normalized spacial score (nSPS) is 18.9. The largest absolute Gasteiger partial charge is 0.480 e. The van der Waals surface area contributed by atoms with Gasteiger partial charge in [-0.1, -0.05) is 30.3 Å². The first-order valence-corrected chi connectivity index (χ1v) is 7.29. The van der Waals surface area contributed by atoms with Crippen LogP contribution in [0.4, 0.5) is 0 Å². The van der Waals surface area contributed by atoms with Crippen molar-refractivity contribution in [3.05, 3.63) is 35.9 Å². The molecule has 1 unspecified atom stereocenters. The summed E-state index contributed by atoms with van der Waals surface area (Å²) in [6.45, 7) is 4.11. The van der Waals surface area contributed by atoms with Crippen molar-refractivity contribution < 1.29 is 14.6 Å². The first kappa shape index (κ1) is 15.0. The molecule has 2 rings (SSSR count). The maximum Gasteiger partial charge on any atom is 0.320 e. The summed E-state index contributed by atoms with van der Waals surface area (Å²) in [4.78, 5) is 12.9. The fraction of sp³-hybridized carbons (Fsp3) is 0.562. The molecule has 1 N–H and O–H groups in total. The van der Waals surface area contributed by atoms with Crippen molar-refractivity contribution in [1.82, 2.24) is 4.90 Å². The van der Waals surface area contributed by atoms with Gasteiger partial charge in [0.1, 0.15) is 6.04 Å². The van der Waals surface area contributed by atoms with Crippen molar-refractivity contribution >= 4 is 5.97 Å². The van der Waals surface area contributed by atoms with E-state index in [4.69, 9.17) is 9.84 Å². The van der Waals surface area contributed by atoms with Gasteiger partial charge in [-0.05, 0) is 31.7 Å². The van der Waals surface area contributed by atoms with E-state index in [9.17, 15) is 4.79 Å². The van der Waals surface area contributed by atoms with Crippen LogP contribution in [0.1, 0.15) is 25.3 Å². The summed E-state index contributed by atoms with van der Waals surface area (Å²) in [6.07, 6.45) is 3.06. The SMILES string of the molecule is CC(C(=O)O)N1CCC(OCCc2ccccc2)CC1. The monoisotopic (exact) mass is 277 g/mol. The Labute approximate surface area is 120 Å². The van der Waals surface area contributed by atoms with Crippen LogP contribution in [0.2, 0.25) is 0 Å². The molecule has 0 aliphatic carbocycles. The molecule has 4 nitrogen and oxygen atoms in total. The first-order valence-electron chi connectivity index (χ1n) is 7.29. The number of piperidine rings is 1. The molecule has 1 aliphatic heterocycles. The van der Waals surface area contributed by atoms with Gasteiger partial charge in [0, 0.05) is 13.1 Å². The summed E-state index contributed by atoms with van der Waals surface area (Å²) >= 11 is 0. The molecule has 1 aromatic carbocycles. The molecule has 0 amide bonds. The topological polar surface area (TPSA) is 49.8 Å². The molecule has 110 valence electrons. The molecule has 1 heterocycles. The molecule has 0 saturated carbocycles. The van der Waals surface area contributed by atoms with E-state index in [2.05, 4.69) is 12.1 Å². The molecule has 1 saturated heterocycles. The Morgan fingerprint density at radius 1 is 1.35 bits per heavy atom. The van der Waals surface area contributed by atoms with E-state index in [1.165, 1.54) is 5.56 Å². The van der Waals surface area contributed by atoms with Crippen LogP contribution in [0.3, 0.4) is 0 Å². The van der Waals surface area contributed by atoms with Gasteiger partial charge in [0.2, 0.25) is 0 Å². The van der Waals surface area contributed by atoms with E-state index in [-0.39, 0.29) is 12.1 Å². The van der Waals surface area contributed by atoms with E-state index >= 15 is 0 Å². The zero-order valence-electron chi connectivity index (χ0n) is 12.0. The number of carboxylic acid groups (broad SMARTS) is 1. The summed E-state index contributed by atoms with van der Waals surface area (Å²) in [6, 6.07) is 9.94. The molecule has 1 aromatic rings. The Balaban J connectivity index is 1.66. The Hall–Kier alpha value is -1.39. The van der Waals surface area contributed by atoms with Crippen molar-refractivity contribution in [2.45, 2.75) is 38.3 Å². The molecule has 1 atom stereocenters. The Bertz CT molecular complexity index is 413. The van der Waals surface area contributed by atoms with E-state index < -0.39 is 5.97 Å². The highest BCUT2D eigenvalue weighted by atomic mass is 16.5. The first-order chi connectivity index (χ1) is 9.66. The van der Waals surface area contributed by atoms with Gasteiger partial charge in [-0.3, -0.25) is 9.69 Å². The second-order valence-electron chi connectivity index (χ2n) is 5.36. The number of hydrogen-bond acceptors (Lipinski definition) is 3. The summed E-state index contributed by atoms with van der Waals surface area (Å²) in [5.41, 5.74) is 1.30. The minimum absolute atomic E-state index is 0.274. The minimum atomic E-state index is -0.742. The smallest absolute Gasteiger partial charge is 0.320 e. The molecule has 0 spiro atoms. The number of aliphatic carboxylic acids is 1. The zero-order valence-corrected chi connectivity index (χ0v) is 12.0. The lowest BCUT2D eigenvalue weighted by Crippen LogP contribution is -2.45. The Morgan fingerprint density at radius 3 is 2.60 bits per heavy atom. The number of likely N-dealkylation sites (tertiary alicyclic amines) is 1. The molecule has 4 heteroatoms. The lowest BCUT2D eigenvalue weighted by atomic mass is 10.1. The van der Waals surface area contributed by atoms with Gasteiger partial charge in [0.25, 0.3) is 0 Å². The number of hydrogen-bond donors (Lipinski definition) is 1. The quantitative estimate of drug-likeness (QED) is 0.866. The molecular formula is C16H23NO3. The third-order valence-corrected chi connectivity index (χ3v) is 3.97. The van der Waals surface area contributed by atoms with Crippen molar-refractivity contribution in [1.29, 1.82) is 0 Å². The number of ether oxygens (including phenoxy) is 1. The van der Waals surface area contributed by atoms with Gasteiger partial charge >= 0.3 is 5.97 Å². The van der Waals surface area contributed by atoms with Crippen molar-refractivity contribution in [2.75, 3.05) is 19.7 Å². The summed E-state index contributed by atoms with van der Waals surface area (Å²) < 4.78 is 5.90. The van der Waals surface area contributed by atoms with Gasteiger partial charge in [0.05, 0.1) is 12.7 Å². The molecule has 0 radical (unpaired) electrons. The van der Waals surface area contributed by atoms with E-state index in [1.807, 2.05) is 23.1 Å². The number of nitrogens with zero attached hydrogens (tertiary/aromatic N) is 1. The van der Waals surface area contributed by atoms with Crippen molar-refractivity contribution in [2.24, 2.45) is 0 Å². The lowest BCUT2D eigenvalue weighted by Gasteiger charge is -2.34. The van der Waals surface area contributed by atoms with Crippen LogP contribution < -0.4 is 0 Å². The number of benzene rings is 1. The molecule has 20 heavy (non-hydrogen) atoms. The number of rotatable bonds is 6. The van der Waals surface area contributed by atoms with Gasteiger partial charge < -0.3 is 9.84 Å². The third-order valence-electron chi connectivity index (χ3n) is 3.97.